The lowest BCUT2D eigenvalue weighted by molar-refractivity contribution is 0.179. The second-order valence-corrected chi connectivity index (χ2v) is 4.50. The van der Waals surface area contributed by atoms with Crippen LogP contribution in [-0.2, 0) is 11.2 Å². The topological polar surface area (TPSA) is 59.6 Å². The van der Waals surface area contributed by atoms with E-state index >= 15 is 0 Å². The summed E-state index contributed by atoms with van der Waals surface area (Å²) in [5, 5.41) is 3.08. The fourth-order valence-corrected chi connectivity index (χ4v) is 1.65. The molecule has 0 aliphatic carbocycles. The smallest absolute Gasteiger partial charge is 0.188 e. The van der Waals surface area contributed by atoms with Crippen LogP contribution < -0.4 is 11.1 Å². The Morgan fingerprint density at radius 1 is 1.39 bits per heavy atom. The predicted molar refractivity (Wildman–Crippen MR) is 75.8 cm³/mol. The van der Waals surface area contributed by atoms with Crippen molar-refractivity contribution in [1.29, 1.82) is 0 Å². The summed E-state index contributed by atoms with van der Waals surface area (Å²) in [4.78, 5) is 4.29. The van der Waals surface area contributed by atoms with Gasteiger partial charge in [0.25, 0.3) is 0 Å². The second-order valence-electron chi connectivity index (χ2n) is 4.50. The van der Waals surface area contributed by atoms with Crippen molar-refractivity contribution in [3.63, 3.8) is 0 Å². The predicted octanol–water partition coefficient (Wildman–Crippen LogP) is 1.48. The number of nitrogens with one attached hydrogen (secondary N) is 1. The van der Waals surface area contributed by atoms with E-state index in [-0.39, 0.29) is 6.04 Å². The van der Waals surface area contributed by atoms with Gasteiger partial charge in [0.05, 0.1) is 6.61 Å². The molecule has 1 rings (SSSR count). The summed E-state index contributed by atoms with van der Waals surface area (Å²) in [6.07, 6.45) is 0.904. The Hall–Kier alpha value is -1.55. The minimum absolute atomic E-state index is 0.179. The van der Waals surface area contributed by atoms with E-state index < -0.39 is 0 Å². The van der Waals surface area contributed by atoms with Gasteiger partial charge in [-0.1, -0.05) is 29.8 Å². The first kappa shape index (κ1) is 14.5. The Bertz CT molecular complexity index is 373. The molecule has 0 fully saturated rings. The number of nitrogens with zero attached hydrogens (tertiary/aromatic N) is 1. The third-order valence-corrected chi connectivity index (χ3v) is 2.61. The molecule has 0 aromatic heterocycles. The van der Waals surface area contributed by atoms with Crippen molar-refractivity contribution < 1.29 is 4.74 Å². The van der Waals surface area contributed by atoms with E-state index in [1.165, 1.54) is 11.1 Å². The maximum atomic E-state index is 5.78. The van der Waals surface area contributed by atoms with Crippen LogP contribution in [0.5, 0.6) is 0 Å². The third-order valence-electron chi connectivity index (χ3n) is 2.61. The molecule has 100 valence electrons. The average molecular weight is 249 g/mol. The normalized spacial score (nSPS) is 13.4. The molecule has 0 amide bonds. The van der Waals surface area contributed by atoms with Gasteiger partial charge >= 0.3 is 0 Å². The summed E-state index contributed by atoms with van der Waals surface area (Å²) in [6, 6.07) is 8.66. The van der Waals surface area contributed by atoms with Gasteiger partial charge in [-0.15, -0.1) is 0 Å². The number of methoxy groups -OCH3 is 1. The lowest BCUT2D eigenvalue weighted by Crippen LogP contribution is -2.40. The van der Waals surface area contributed by atoms with Crippen molar-refractivity contribution in [2.45, 2.75) is 26.3 Å². The van der Waals surface area contributed by atoms with Gasteiger partial charge in [-0.25, -0.2) is 0 Å². The number of hydrogen-bond donors (Lipinski definition) is 2. The van der Waals surface area contributed by atoms with Crippen molar-refractivity contribution in [3.05, 3.63) is 35.4 Å². The number of benzene rings is 1. The molecule has 1 unspecified atom stereocenters. The first-order valence-corrected chi connectivity index (χ1v) is 6.22. The zero-order valence-electron chi connectivity index (χ0n) is 11.4. The molecule has 4 nitrogen and oxygen atoms in total. The maximum absolute atomic E-state index is 5.78. The van der Waals surface area contributed by atoms with Crippen LogP contribution in [0, 0.1) is 6.92 Å². The van der Waals surface area contributed by atoms with Gasteiger partial charge in [0.1, 0.15) is 0 Å². The summed E-state index contributed by atoms with van der Waals surface area (Å²) < 4.78 is 5.02. The van der Waals surface area contributed by atoms with Crippen molar-refractivity contribution in [2.24, 2.45) is 10.7 Å². The van der Waals surface area contributed by atoms with Crippen LogP contribution in [0.3, 0.4) is 0 Å². The Balaban J connectivity index is 2.33. The van der Waals surface area contributed by atoms with E-state index in [0.717, 1.165) is 6.42 Å². The highest BCUT2D eigenvalue weighted by atomic mass is 16.5. The lowest BCUT2D eigenvalue weighted by atomic mass is 10.1. The number of aryl methyl sites for hydroxylation is 1. The fourth-order valence-electron chi connectivity index (χ4n) is 1.65. The van der Waals surface area contributed by atoms with Gasteiger partial charge < -0.3 is 15.8 Å². The molecule has 0 saturated carbocycles. The molecule has 0 spiro atoms. The van der Waals surface area contributed by atoms with Gasteiger partial charge in [-0.05, 0) is 25.8 Å². The van der Waals surface area contributed by atoms with Crippen LogP contribution in [-0.4, -0.2) is 32.3 Å². The van der Waals surface area contributed by atoms with E-state index in [2.05, 4.69) is 41.5 Å². The zero-order valence-corrected chi connectivity index (χ0v) is 11.4. The Labute approximate surface area is 109 Å². The van der Waals surface area contributed by atoms with Crippen molar-refractivity contribution >= 4 is 5.96 Å². The van der Waals surface area contributed by atoms with Crippen molar-refractivity contribution in [1.82, 2.24) is 5.32 Å². The summed E-state index contributed by atoms with van der Waals surface area (Å²) >= 11 is 0. The van der Waals surface area contributed by atoms with E-state index in [9.17, 15) is 0 Å². The molecule has 1 atom stereocenters. The van der Waals surface area contributed by atoms with Crippen molar-refractivity contribution in [3.8, 4) is 0 Å². The van der Waals surface area contributed by atoms with Gasteiger partial charge in [0, 0.05) is 19.7 Å². The van der Waals surface area contributed by atoms with E-state index in [4.69, 9.17) is 10.5 Å². The molecule has 0 radical (unpaired) electrons. The van der Waals surface area contributed by atoms with Crippen LogP contribution in [0.25, 0.3) is 0 Å². The lowest BCUT2D eigenvalue weighted by Gasteiger charge is -2.12. The highest BCUT2D eigenvalue weighted by molar-refractivity contribution is 5.78. The number of aliphatic imine (C=N–C) groups is 1. The summed E-state index contributed by atoms with van der Waals surface area (Å²) in [5.41, 5.74) is 8.33. The van der Waals surface area contributed by atoms with E-state index in [1.807, 2.05) is 6.92 Å². The minimum atomic E-state index is 0.179. The van der Waals surface area contributed by atoms with Crippen LogP contribution >= 0.6 is 0 Å². The molecule has 0 aliphatic heterocycles. The number of hydrogen-bond acceptors (Lipinski definition) is 2. The monoisotopic (exact) mass is 249 g/mol. The molecule has 0 aliphatic rings. The van der Waals surface area contributed by atoms with Gasteiger partial charge in [-0.3, -0.25) is 4.99 Å². The Morgan fingerprint density at radius 3 is 2.67 bits per heavy atom. The van der Waals surface area contributed by atoms with Crippen LogP contribution in [0.4, 0.5) is 0 Å². The molecular weight excluding hydrogens is 226 g/mol. The first-order chi connectivity index (χ1) is 8.61. The first-order valence-electron chi connectivity index (χ1n) is 6.22. The molecule has 4 heteroatoms. The second kappa shape index (κ2) is 7.71. The van der Waals surface area contributed by atoms with Gasteiger partial charge in [0.2, 0.25) is 0 Å². The highest BCUT2D eigenvalue weighted by Crippen LogP contribution is 2.03. The average Bonchev–Trinajstić information content (AvgIpc) is 2.32. The van der Waals surface area contributed by atoms with E-state index in [1.54, 1.807) is 7.11 Å². The SMILES string of the molecule is COCC(C)NC(N)=NCCc1ccc(C)cc1. The molecule has 0 saturated heterocycles. The van der Waals surface area contributed by atoms with Crippen LogP contribution in [0.15, 0.2) is 29.3 Å². The van der Waals surface area contributed by atoms with Crippen molar-refractivity contribution in [2.75, 3.05) is 20.3 Å². The van der Waals surface area contributed by atoms with E-state index in [0.29, 0.717) is 19.1 Å². The molecule has 18 heavy (non-hydrogen) atoms. The zero-order chi connectivity index (χ0) is 13.4. The highest BCUT2D eigenvalue weighted by Gasteiger charge is 2.01. The van der Waals surface area contributed by atoms with Gasteiger partial charge in [0.15, 0.2) is 5.96 Å². The third kappa shape index (κ3) is 5.68. The Kier molecular flexibility index (Phi) is 6.22. The summed E-state index contributed by atoms with van der Waals surface area (Å²) in [7, 11) is 1.67. The molecule has 0 bridgehead atoms. The molecule has 1 aromatic carbocycles. The quantitative estimate of drug-likeness (QED) is 0.593. The number of guanidine groups is 1. The number of ether oxygens (including phenoxy) is 1. The summed E-state index contributed by atoms with van der Waals surface area (Å²) in [5.74, 6) is 0.478. The molecule has 1 aromatic rings. The minimum Gasteiger partial charge on any atom is -0.383 e. The fraction of sp³-hybridized carbons (Fsp3) is 0.500. The number of nitrogens with two attached hydrogens (primary N) is 1. The van der Waals surface area contributed by atoms with Crippen LogP contribution in [0.2, 0.25) is 0 Å². The maximum Gasteiger partial charge on any atom is 0.188 e. The Morgan fingerprint density at radius 2 is 2.06 bits per heavy atom. The molecule has 3 N–H and O–H groups in total. The van der Waals surface area contributed by atoms with Crippen LogP contribution in [0.1, 0.15) is 18.1 Å². The largest absolute Gasteiger partial charge is 0.383 e. The molecular formula is C14H23N3O. The van der Waals surface area contributed by atoms with Gasteiger partial charge in [-0.2, -0.15) is 0 Å². The summed E-state index contributed by atoms with van der Waals surface area (Å²) in [6.45, 7) is 5.41. The molecule has 0 heterocycles. The number of rotatable bonds is 6. The standard InChI is InChI=1S/C14H23N3O/c1-11-4-6-13(7-5-11)8-9-16-14(15)17-12(2)10-18-3/h4-7,12H,8-10H2,1-3H3,(H3,15,16,17).